The molecule has 5 nitrogen and oxygen atoms in total. The number of nitrogens with one attached hydrogen (secondary N) is 2. The van der Waals surface area contributed by atoms with Crippen molar-refractivity contribution in [1.29, 1.82) is 0 Å². The number of amides is 2. The van der Waals surface area contributed by atoms with E-state index in [0.717, 1.165) is 12.8 Å². The number of rotatable bonds is 3. The molecule has 1 aromatic carbocycles. The van der Waals surface area contributed by atoms with E-state index >= 15 is 0 Å². The van der Waals surface area contributed by atoms with Crippen LogP contribution in [-0.2, 0) is 14.3 Å². The monoisotopic (exact) mass is 294 g/mol. The van der Waals surface area contributed by atoms with Gasteiger partial charge in [0.05, 0.1) is 12.1 Å². The number of aryl methyl sites for hydroxylation is 1. The fourth-order valence-electron chi connectivity index (χ4n) is 2.22. The summed E-state index contributed by atoms with van der Waals surface area (Å²) in [6, 6.07) is 4.04. The van der Waals surface area contributed by atoms with Gasteiger partial charge in [-0.3, -0.25) is 9.59 Å². The Kier molecular flexibility index (Phi) is 4.90. The van der Waals surface area contributed by atoms with Gasteiger partial charge in [0.2, 0.25) is 0 Å². The number of ether oxygens (including phenoxy) is 1. The van der Waals surface area contributed by atoms with Gasteiger partial charge in [-0.15, -0.1) is 0 Å². The van der Waals surface area contributed by atoms with Crippen molar-refractivity contribution in [3.05, 3.63) is 29.6 Å². The van der Waals surface area contributed by atoms with E-state index in [2.05, 4.69) is 10.6 Å². The SMILES string of the molecule is Cc1ccc(NC(=O)C(=O)NC(C)C2CCCO2)cc1F. The minimum Gasteiger partial charge on any atom is -0.376 e. The summed E-state index contributed by atoms with van der Waals surface area (Å²) in [5.74, 6) is -2.00. The molecule has 1 fully saturated rings. The van der Waals surface area contributed by atoms with Crippen LogP contribution in [0.15, 0.2) is 18.2 Å². The van der Waals surface area contributed by atoms with E-state index in [0.29, 0.717) is 12.2 Å². The summed E-state index contributed by atoms with van der Waals surface area (Å²) in [6.45, 7) is 4.10. The Hall–Kier alpha value is -1.95. The van der Waals surface area contributed by atoms with Gasteiger partial charge in [-0.1, -0.05) is 6.07 Å². The number of benzene rings is 1. The molecule has 1 heterocycles. The van der Waals surface area contributed by atoms with Crippen LogP contribution in [0.3, 0.4) is 0 Å². The first-order chi connectivity index (χ1) is 9.97. The van der Waals surface area contributed by atoms with Crippen LogP contribution in [-0.4, -0.2) is 30.6 Å². The smallest absolute Gasteiger partial charge is 0.313 e. The maximum atomic E-state index is 13.4. The maximum Gasteiger partial charge on any atom is 0.313 e. The molecule has 0 radical (unpaired) electrons. The van der Waals surface area contributed by atoms with Gasteiger partial charge in [0.15, 0.2) is 0 Å². The Balaban J connectivity index is 1.89. The minimum atomic E-state index is -0.817. The molecule has 2 unspecified atom stereocenters. The molecule has 1 aliphatic heterocycles. The summed E-state index contributed by atoms with van der Waals surface area (Å²) in [6.07, 6.45) is 1.77. The molecule has 2 N–H and O–H groups in total. The largest absolute Gasteiger partial charge is 0.376 e. The molecule has 0 aliphatic carbocycles. The van der Waals surface area contributed by atoms with Crippen LogP contribution in [0.4, 0.5) is 10.1 Å². The molecular formula is C15H19FN2O3. The average molecular weight is 294 g/mol. The van der Waals surface area contributed by atoms with E-state index < -0.39 is 17.6 Å². The van der Waals surface area contributed by atoms with Crippen LogP contribution in [0.25, 0.3) is 0 Å². The molecule has 1 saturated heterocycles. The second kappa shape index (κ2) is 6.67. The quantitative estimate of drug-likeness (QED) is 0.835. The van der Waals surface area contributed by atoms with Crippen molar-refractivity contribution in [3.8, 4) is 0 Å². The average Bonchev–Trinajstić information content (AvgIpc) is 2.97. The highest BCUT2D eigenvalue weighted by Crippen LogP contribution is 2.16. The molecule has 6 heteroatoms. The molecule has 114 valence electrons. The van der Waals surface area contributed by atoms with Crippen molar-refractivity contribution < 1.29 is 18.7 Å². The number of hydrogen-bond acceptors (Lipinski definition) is 3. The number of anilines is 1. The molecule has 2 amide bonds. The van der Waals surface area contributed by atoms with Gasteiger partial charge >= 0.3 is 11.8 Å². The first-order valence-corrected chi connectivity index (χ1v) is 6.97. The first-order valence-electron chi connectivity index (χ1n) is 6.97. The highest BCUT2D eigenvalue weighted by Gasteiger charge is 2.25. The highest BCUT2D eigenvalue weighted by atomic mass is 19.1. The zero-order valence-corrected chi connectivity index (χ0v) is 12.1. The molecule has 2 rings (SSSR count). The fourth-order valence-corrected chi connectivity index (χ4v) is 2.22. The van der Waals surface area contributed by atoms with Gasteiger partial charge in [0.1, 0.15) is 5.82 Å². The lowest BCUT2D eigenvalue weighted by Crippen LogP contribution is -2.45. The van der Waals surface area contributed by atoms with E-state index in [1.54, 1.807) is 19.9 Å². The lowest BCUT2D eigenvalue weighted by atomic mass is 10.1. The third-order valence-electron chi connectivity index (χ3n) is 3.52. The normalized spacial score (nSPS) is 19.1. The van der Waals surface area contributed by atoms with Crippen molar-refractivity contribution in [3.63, 3.8) is 0 Å². The predicted molar refractivity (Wildman–Crippen MR) is 76.3 cm³/mol. The van der Waals surface area contributed by atoms with Gasteiger partial charge in [-0.2, -0.15) is 0 Å². The molecule has 1 aromatic rings. The van der Waals surface area contributed by atoms with E-state index in [1.165, 1.54) is 12.1 Å². The van der Waals surface area contributed by atoms with Crippen molar-refractivity contribution in [2.24, 2.45) is 0 Å². The Morgan fingerprint density at radius 1 is 1.38 bits per heavy atom. The zero-order chi connectivity index (χ0) is 15.4. The van der Waals surface area contributed by atoms with Crippen molar-refractivity contribution in [2.75, 3.05) is 11.9 Å². The molecule has 0 saturated carbocycles. The Morgan fingerprint density at radius 3 is 2.76 bits per heavy atom. The number of hydrogen-bond donors (Lipinski definition) is 2. The number of carbonyl (C=O) groups is 2. The number of carbonyl (C=O) groups excluding carboxylic acids is 2. The van der Waals surface area contributed by atoms with Crippen molar-refractivity contribution >= 4 is 17.5 Å². The van der Waals surface area contributed by atoms with E-state index in [1.807, 2.05) is 0 Å². The third kappa shape index (κ3) is 4.01. The van der Waals surface area contributed by atoms with Gasteiger partial charge in [0, 0.05) is 12.3 Å². The van der Waals surface area contributed by atoms with Gasteiger partial charge in [0.25, 0.3) is 0 Å². The summed E-state index contributed by atoms with van der Waals surface area (Å²) in [4.78, 5) is 23.6. The van der Waals surface area contributed by atoms with E-state index in [-0.39, 0.29) is 17.8 Å². The summed E-state index contributed by atoms with van der Waals surface area (Å²) in [5, 5.41) is 4.97. The second-order valence-corrected chi connectivity index (χ2v) is 5.23. The lowest BCUT2D eigenvalue weighted by molar-refractivity contribution is -0.137. The van der Waals surface area contributed by atoms with Crippen molar-refractivity contribution in [1.82, 2.24) is 5.32 Å². The van der Waals surface area contributed by atoms with Gasteiger partial charge in [-0.05, 0) is 44.4 Å². The van der Waals surface area contributed by atoms with Crippen LogP contribution in [0.2, 0.25) is 0 Å². The van der Waals surface area contributed by atoms with Crippen molar-refractivity contribution in [2.45, 2.75) is 38.8 Å². The molecule has 0 aromatic heterocycles. The van der Waals surface area contributed by atoms with Crippen LogP contribution < -0.4 is 10.6 Å². The highest BCUT2D eigenvalue weighted by molar-refractivity contribution is 6.39. The first kappa shape index (κ1) is 15.4. The topological polar surface area (TPSA) is 67.4 Å². The third-order valence-corrected chi connectivity index (χ3v) is 3.52. The Labute approximate surface area is 122 Å². The zero-order valence-electron chi connectivity index (χ0n) is 12.1. The fraction of sp³-hybridized carbons (Fsp3) is 0.467. The van der Waals surface area contributed by atoms with Gasteiger partial charge < -0.3 is 15.4 Å². The number of halogens is 1. The lowest BCUT2D eigenvalue weighted by Gasteiger charge is -2.19. The maximum absolute atomic E-state index is 13.4. The van der Waals surface area contributed by atoms with Crippen LogP contribution in [0.5, 0.6) is 0 Å². The van der Waals surface area contributed by atoms with Crippen LogP contribution >= 0.6 is 0 Å². The van der Waals surface area contributed by atoms with Gasteiger partial charge in [-0.25, -0.2) is 4.39 Å². The Morgan fingerprint density at radius 2 is 2.14 bits per heavy atom. The molecule has 1 aliphatic rings. The molecule has 0 bridgehead atoms. The summed E-state index contributed by atoms with van der Waals surface area (Å²) in [5.41, 5.74) is 0.729. The summed E-state index contributed by atoms with van der Waals surface area (Å²) in [7, 11) is 0. The standard InChI is InChI=1S/C15H19FN2O3/c1-9-5-6-11(8-12(9)16)18-15(20)14(19)17-10(2)13-4-3-7-21-13/h5-6,8,10,13H,3-4,7H2,1-2H3,(H,17,19)(H,18,20). The Bertz CT molecular complexity index is 542. The molecule has 2 atom stereocenters. The second-order valence-electron chi connectivity index (χ2n) is 5.23. The van der Waals surface area contributed by atoms with E-state index in [4.69, 9.17) is 4.74 Å². The van der Waals surface area contributed by atoms with E-state index in [9.17, 15) is 14.0 Å². The summed E-state index contributed by atoms with van der Waals surface area (Å²) >= 11 is 0. The minimum absolute atomic E-state index is 0.0569. The summed E-state index contributed by atoms with van der Waals surface area (Å²) < 4.78 is 18.8. The van der Waals surface area contributed by atoms with Crippen LogP contribution in [0.1, 0.15) is 25.3 Å². The molecule has 21 heavy (non-hydrogen) atoms. The predicted octanol–water partition coefficient (Wildman–Crippen LogP) is 1.76. The molecular weight excluding hydrogens is 275 g/mol. The molecule has 0 spiro atoms. The van der Waals surface area contributed by atoms with Crippen LogP contribution in [0, 0.1) is 12.7 Å².